The lowest BCUT2D eigenvalue weighted by atomic mass is 9.86. The van der Waals surface area contributed by atoms with Crippen molar-refractivity contribution in [3.63, 3.8) is 0 Å². The summed E-state index contributed by atoms with van der Waals surface area (Å²) in [5.41, 5.74) is 2.69. The Kier molecular flexibility index (Phi) is 7.08. The summed E-state index contributed by atoms with van der Waals surface area (Å²) < 4.78 is 6.02. The molecule has 0 bridgehead atoms. The fourth-order valence-corrected chi connectivity index (χ4v) is 2.20. The maximum atomic E-state index is 6.02. The first kappa shape index (κ1) is 17.0. The summed E-state index contributed by atoms with van der Waals surface area (Å²) in [5.74, 6) is 1.05. The first-order chi connectivity index (χ1) is 9.45. The molecule has 0 saturated carbocycles. The number of hydrogen-bond acceptors (Lipinski definition) is 2. The molecule has 1 N–H and O–H groups in total. The van der Waals surface area contributed by atoms with Crippen LogP contribution in [0.4, 0.5) is 0 Å². The largest absolute Gasteiger partial charge is 0.493 e. The van der Waals surface area contributed by atoms with Crippen LogP contribution in [0.2, 0.25) is 0 Å². The van der Waals surface area contributed by atoms with Crippen LogP contribution >= 0.6 is 0 Å². The Morgan fingerprint density at radius 2 is 1.85 bits per heavy atom. The highest BCUT2D eigenvalue weighted by Gasteiger charge is 2.18. The Bertz CT molecular complexity index is 393. The molecule has 0 aliphatic rings. The van der Waals surface area contributed by atoms with Gasteiger partial charge in [-0.3, -0.25) is 0 Å². The molecule has 0 atom stereocenters. The number of benzene rings is 1. The van der Waals surface area contributed by atoms with E-state index in [1.807, 2.05) is 0 Å². The molecule has 114 valence electrons. The maximum absolute atomic E-state index is 6.02. The van der Waals surface area contributed by atoms with Crippen molar-refractivity contribution in [3.8, 4) is 5.75 Å². The standard InChI is InChI=1S/C18H31NO/c1-6-11-19-12-7-8-13-20-17-14-15(2)9-10-16(17)18(3,4)5/h9-10,14,19H,6-8,11-13H2,1-5H3. The van der Waals surface area contributed by atoms with Gasteiger partial charge in [0.15, 0.2) is 0 Å². The molecule has 0 heterocycles. The van der Waals surface area contributed by atoms with Crippen LogP contribution in [-0.4, -0.2) is 19.7 Å². The van der Waals surface area contributed by atoms with Crippen molar-refractivity contribution in [1.29, 1.82) is 0 Å². The first-order valence-electron chi connectivity index (χ1n) is 7.90. The average molecular weight is 277 g/mol. The van der Waals surface area contributed by atoms with Crippen LogP contribution in [0.15, 0.2) is 18.2 Å². The number of unbranched alkanes of at least 4 members (excludes halogenated alkanes) is 1. The van der Waals surface area contributed by atoms with Gasteiger partial charge in [0.05, 0.1) is 6.61 Å². The van der Waals surface area contributed by atoms with E-state index in [2.05, 4.69) is 58.1 Å². The molecule has 0 spiro atoms. The Balaban J connectivity index is 2.45. The fourth-order valence-electron chi connectivity index (χ4n) is 2.20. The fraction of sp³-hybridized carbons (Fsp3) is 0.667. The molecule has 0 amide bonds. The van der Waals surface area contributed by atoms with Crippen molar-refractivity contribution >= 4 is 0 Å². The molecule has 0 saturated heterocycles. The highest BCUT2D eigenvalue weighted by atomic mass is 16.5. The maximum Gasteiger partial charge on any atom is 0.123 e. The third kappa shape index (κ3) is 5.96. The lowest BCUT2D eigenvalue weighted by Crippen LogP contribution is -2.17. The molecule has 20 heavy (non-hydrogen) atoms. The predicted molar refractivity (Wildman–Crippen MR) is 87.8 cm³/mol. The monoisotopic (exact) mass is 277 g/mol. The van der Waals surface area contributed by atoms with Gasteiger partial charge in [-0.25, -0.2) is 0 Å². The van der Waals surface area contributed by atoms with Gasteiger partial charge >= 0.3 is 0 Å². The van der Waals surface area contributed by atoms with E-state index in [4.69, 9.17) is 4.74 Å². The summed E-state index contributed by atoms with van der Waals surface area (Å²) in [7, 11) is 0. The van der Waals surface area contributed by atoms with Gasteiger partial charge < -0.3 is 10.1 Å². The van der Waals surface area contributed by atoms with Gasteiger partial charge in [0.2, 0.25) is 0 Å². The zero-order chi connectivity index (χ0) is 15.0. The van der Waals surface area contributed by atoms with Crippen LogP contribution in [0.1, 0.15) is 58.1 Å². The Morgan fingerprint density at radius 3 is 2.50 bits per heavy atom. The van der Waals surface area contributed by atoms with Gasteiger partial charge in [-0.2, -0.15) is 0 Å². The molecule has 2 nitrogen and oxygen atoms in total. The van der Waals surface area contributed by atoms with Crippen LogP contribution in [0, 0.1) is 6.92 Å². The smallest absolute Gasteiger partial charge is 0.123 e. The van der Waals surface area contributed by atoms with Crippen molar-refractivity contribution in [2.75, 3.05) is 19.7 Å². The van der Waals surface area contributed by atoms with Gasteiger partial charge in [-0.1, -0.05) is 39.8 Å². The number of nitrogens with one attached hydrogen (secondary N) is 1. The average Bonchev–Trinajstić information content (AvgIpc) is 2.36. The minimum Gasteiger partial charge on any atom is -0.493 e. The van der Waals surface area contributed by atoms with Crippen molar-refractivity contribution in [2.24, 2.45) is 0 Å². The van der Waals surface area contributed by atoms with E-state index in [0.29, 0.717) is 0 Å². The molecule has 2 heteroatoms. The number of rotatable bonds is 8. The van der Waals surface area contributed by atoms with Gasteiger partial charge in [-0.05, 0) is 61.9 Å². The Labute approximate surface area is 124 Å². The van der Waals surface area contributed by atoms with E-state index in [-0.39, 0.29) is 5.41 Å². The zero-order valence-electron chi connectivity index (χ0n) is 13.9. The van der Waals surface area contributed by atoms with E-state index >= 15 is 0 Å². The van der Waals surface area contributed by atoms with Crippen LogP contribution in [0.25, 0.3) is 0 Å². The molecule has 1 aromatic rings. The van der Waals surface area contributed by atoms with E-state index in [0.717, 1.165) is 31.9 Å². The minimum atomic E-state index is 0.131. The molecule has 0 aromatic heterocycles. The molecule has 0 aliphatic carbocycles. The summed E-state index contributed by atoms with van der Waals surface area (Å²) in [6.45, 7) is 14.0. The van der Waals surface area contributed by atoms with Crippen molar-refractivity contribution in [1.82, 2.24) is 5.32 Å². The van der Waals surface area contributed by atoms with Crippen LogP contribution in [0.5, 0.6) is 5.75 Å². The molecule has 0 fully saturated rings. The summed E-state index contributed by atoms with van der Waals surface area (Å²) in [6, 6.07) is 6.53. The van der Waals surface area contributed by atoms with Gasteiger partial charge in [0.25, 0.3) is 0 Å². The molecule has 1 aromatic carbocycles. The Morgan fingerprint density at radius 1 is 1.10 bits per heavy atom. The highest BCUT2D eigenvalue weighted by Crippen LogP contribution is 2.32. The van der Waals surface area contributed by atoms with E-state index < -0.39 is 0 Å². The molecule has 0 aliphatic heterocycles. The summed E-state index contributed by atoms with van der Waals surface area (Å²) in [5, 5.41) is 3.42. The Hall–Kier alpha value is -1.02. The topological polar surface area (TPSA) is 21.3 Å². The highest BCUT2D eigenvalue weighted by molar-refractivity contribution is 5.41. The van der Waals surface area contributed by atoms with Gasteiger partial charge in [0, 0.05) is 0 Å². The third-order valence-corrected chi connectivity index (χ3v) is 3.38. The van der Waals surface area contributed by atoms with Gasteiger partial charge in [0.1, 0.15) is 5.75 Å². The van der Waals surface area contributed by atoms with Crippen molar-refractivity contribution in [2.45, 2.75) is 59.3 Å². The summed E-state index contributed by atoms with van der Waals surface area (Å²) in [4.78, 5) is 0. The normalized spacial score (nSPS) is 11.7. The third-order valence-electron chi connectivity index (χ3n) is 3.38. The van der Waals surface area contributed by atoms with E-state index in [1.54, 1.807) is 0 Å². The SMILES string of the molecule is CCCNCCCCOc1cc(C)ccc1C(C)(C)C. The quantitative estimate of drug-likeness (QED) is 0.709. The first-order valence-corrected chi connectivity index (χ1v) is 7.90. The predicted octanol–water partition coefficient (Wildman–Crippen LogP) is 4.45. The lowest BCUT2D eigenvalue weighted by Gasteiger charge is -2.23. The molecular weight excluding hydrogens is 246 g/mol. The second-order valence-corrected chi connectivity index (χ2v) is 6.56. The minimum absolute atomic E-state index is 0.131. The van der Waals surface area contributed by atoms with Crippen molar-refractivity contribution in [3.05, 3.63) is 29.3 Å². The number of aryl methyl sites for hydroxylation is 1. The number of ether oxygens (including phenoxy) is 1. The van der Waals surface area contributed by atoms with Gasteiger partial charge in [-0.15, -0.1) is 0 Å². The van der Waals surface area contributed by atoms with Crippen LogP contribution in [-0.2, 0) is 5.41 Å². The van der Waals surface area contributed by atoms with E-state index in [1.165, 1.54) is 24.0 Å². The van der Waals surface area contributed by atoms with Crippen LogP contribution < -0.4 is 10.1 Å². The van der Waals surface area contributed by atoms with Crippen molar-refractivity contribution < 1.29 is 4.74 Å². The second-order valence-electron chi connectivity index (χ2n) is 6.56. The second kappa shape index (κ2) is 8.31. The lowest BCUT2D eigenvalue weighted by molar-refractivity contribution is 0.298. The summed E-state index contributed by atoms with van der Waals surface area (Å²) >= 11 is 0. The van der Waals surface area contributed by atoms with Crippen LogP contribution in [0.3, 0.4) is 0 Å². The number of hydrogen-bond donors (Lipinski definition) is 1. The molecular formula is C18H31NO. The van der Waals surface area contributed by atoms with E-state index in [9.17, 15) is 0 Å². The molecule has 0 unspecified atom stereocenters. The molecule has 0 radical (unpaired) electrons. The molecule has 1 rings (SSSR count). The zero-order valence-corrected chi connectivity index (χ0v) is 13.9. The summed E-state index contributed by atoms with van der Waals surface area (Å²) in [6.07, 6.45) is 3.49.